The van der Waals surface area contributed by atoms with Crippen molar-refractivity contribution in [1.29, 1.82) is 0 Å². The maximum Gasteiger partial charge on any atom is 0.407 e. The minimum atomic E-state index is -0.486. The van der Waals surface area contributed by atoms with Gasteiger partial charge in [0.05, 0.1) is 18.9 Å². The minimum absolute atomic E-state index is 0.352. The number of carbonyl (C=O) groups is 1. The number of aromatic nitrogens is 2. The standard InChI is InChI=1S/C11H17N3O3/c1-11(2,3)17-10(15)12-6-7-16-9-4-5-13-14-8-9/h4-5,8H,6-7H2,1-3H3,(H,12,15). The van der Waals surface area contributed by atoms with Gasteiger partial charge in [0.1, 0.15) is 18.0 Å². The molecular weight excluding hydrogens is 222 g/mol. The highest BCUT2D eigenvalue weighted by molar-refractivity contribution is 5.67. The van der Waals surface area contributed by atoms with Crippen molar-refractivity contribution in [2.45, 2.75) is 26.4 Å². The molecule has 1 N–H and O–H groups in total. The van der Waals surface area contributed by atoms with Crippen molar-refractivity contribution in [2.24, 2.45) is 0 Å². The second-order valence-electron chi connectivity index (χ2n) is 4.36. The van der Waals surface area contributed by atoms with Gasteiger partial charge in [0, 0.05) is 6.07 Å². The molecule has 1 amide bonds. The smallest absolute Gasteiger partial charge is 0.407 e. The molecular formula is C11H17N3O3. The van der Waals surface area contributed by atoms with Crippen LogP contribution in [-0.2, 0) is 4.74 Å². The SMILES string of the molecule is CC(C)(C)OC(=O)NCCOc1ccnnc1. The fourth-order valence-corrected chi connectivity index (χ4v) is 1.00. The number of hydrogen-bond donors (Lipinski definition) is 1. The molecule has 0 fully saturated rings. The van der Waals surface area contributed by atoms with E-state index in [4.69, 9.17) is 9.47 Å². The molecule has 0 unspecified atom stereocenters. The molecule has 6 heteroatoms. The highest BCUT2D eigenvalue weighted by Gasteiger charge is 2.15. The molecule has 0 aliphatic carbocycles. The van der Waals surface area contributed by atoms with Gasteiger partial charge >= 0.3 is 6.09 Å². The van der Waals surface area contributed by atoms with Crippen molar-refractivity contribution in [1.82, 2.24) is 15.5 Å². The third-order valence-corrected chi connectivity index (χ3v) is 1.60. The predicted octanol–water partition coefficient (Wildman–Crippen LogP) is 1.38. The summed E-state index contributed by atoms with van der Waals surface area (Å²) >= 11 is 0. The number of nitrogens with zero attached hydrogens (tertiary/aromatic N) is 2. The average molecular weight is 239 g/mol. The Morgan fingerprint density at radius 2 is 2.18 bits per heavy atom. The highest BCUT2D eigenvalue weighted by atomic mass is 16.6. The molecule has 17 heavy (non-hydrogen) atoms. The fourth-order valence-electron chi connectivity index (χ4n) is 1.00. The van der Waals surface area contributed by atoms with Gasteiger partial charge in [-0.1, -0.05) is 0 Å². The lowest BCUT2D eigenvalue weighted by Gasteiger charge is -2.19. The zero-order chi connectivity index (χ0) is 12.7. The Balaban J connectivity index is 2.14. The Morgan fingerprint density at radius 3 is 2.76 bits per heavy atom. The van der Waals surface area contributed by atoms with Gasteiger partial charge < -0.3 is 14.8 Å². The molecule has 0 spiro atoms. The summed E-state index contributed by atoms with van der Waals surface area (Å²) in [5, 5.41) is 9.87. The first kappa shape index (κ1) is 13.2. The first-order chi connectivity index (χ1) is 7.97. The molecule has 0 aliphatic rings. The molecule has 0 aliphatic heterocycles. The van der Waals surface area contributed by atoms with Crippen LogP contribution in [0.1, 0.15) is 20.8 Å². The van der Waals surface area contributed by atoms with Crippen molar-refractivity contribution < 1.29 is 14.3 Å². The van der Waals surface area contributed by atoms with Gasteiger partial charge in [0.2, 0.25) is 0 Å². The van der Waals surface area contributed by atoms with Crippen molar-refractivity contribution in [2.75, 3.05) is 13.2 Å². The van der Waals surface area contributed by atoms with Crippen molar-refractivity contribution in [3.63, 3.8) is 0 Å². The summed E-state index contributed by atoms with van der Waals surface area (Å²) in [6, 6.07) is 1.69. The van der Waals surface area contributed by atoms with Gasteiger partial charge in [0.15, 0.2) is 0 Å². The van der Waals surface area contributed by atoms with Gasteiger partial charge in [-0.3, -0.25) is 0 Å². The van der Waals surface area contributed by atoms with Crippen LogP contribution in [0.2, 0.25) is 0 Å². The lowest BCUT2D eigenvalue weighted by atomic mass is 10.2. The third kappa shape index (κ3) is 6.34. The van der Waals surface area contributed by atoms with Gasteiger partial charge in [0.25, 0.3) is 0 Å². The quantitative estimate of drug-likeness (QED) is 0.803. The summed E-state index contributed by atoms with van der Waals surface area (Å²) in [6.45, 7) is 6.16. The van der Waals surface area contributed by atoms with Crippen LogP contribution in [-0.4, -0.2) is 35.0 Å². The van der Waals surface area contributed by atoms with Crippen molar-refractivity contribution >= 4 is 6.09 Å². The van der Waals surface area contributed by atoms with Gasteiger partial charge in [-0.15, -0.1) is 0 Å². The first-order valence-corrected chi connectivity index (χ1v) is 5.34. The Labute approximate surface area is 100 Å². The van der Waals surface area contributed by atoms with Gasteiger partial charge in [-0.05, 0) is 20.8 Å². The number of ether oxygens (including phenoxy) is 2. The number of nitrogens with one attached hydrogen (secondary N) is 1. The summed E-state index contributed by atoms with van der Waals surface area (Å²) in [5.41, 5.74) is -0.486. The molecule has 1 aromatic rings. The van der Waals surface area contributed by atoms with Crippen LogP contribution in [0, 0.1) is 0 Å². The predicted molar refractivity (Wildman–Crippen MR) is 61.8 cm³/mol. The molecule has 1 aromatic heterocycles. The average Bonchev–Trinajstić information content (AvgIpc) is 2.23. The molecule has 0 bridgehead atoms. The molecule has 0 radical (unpaired) electrons. The van der Waals surface area contributed by atoms with Gasteiger partial charge in [-0.25, -0.2) is 4.79 Å². The fraction of sp³-hybridized carbons (Fsp3) is 0.545. The van der Waals surface area contributed by atoms with Crippen LogP contribution < -0.4 is 10.1 Å². The Morgan fingerprint density at radius 1 is 1.41 bits per heavy atom. The largest absolute Gasteiger partial charge is 0.490 e. The minimum Gasteiger partial charge on any atom is -0.490 e. The van der Waals surface area contributed by atoms with E-state index in [-0.39, 0.29) is 0 Å². The van der Waals surface area contributed by atoms with Crippen LogP contribution in [0.25, 0.3) is 0 Å². The molecule has 0 atom stereocenters. The summed E-state index contributed by atoms with van der Waals surface area (Å²) in [7, 11) is 0. The van der Waals surface area contributed by atoms with E-state index in [0.717, 1.165) is 0 Å². The zero-order valence-corrected chi connectivity index (χ0v) is 10.3. The summed E-state index contributed by atoms with van der Waals surface area (Å²) in [5.74, 6) is 0.617. The van der Waals surface area contributed by atoms with Crippen molar-refractivity contribution in [3.8, 4) is 5.75 Å². The van der Waals surface area contributed by atoms with E-state index in [1.807, 2.05) is 20.8 Å². The Kier molecular flexibility index (Phi) is 4.68. The van der Waals surface area contributed by atoms with E-state index in [1.54, 1.807) is 6.07 Å². The van der Waals surface area contributed by atoms with E-state index in [0.29, 0.717) is 18.9 Å². The Hall–Kier alpha value is -1.85. The number of hydrogen-bond acceptors (Lipinski definition) is 5. The molecule has 0 aromatic carbocycles. The lowest BCUT2D eigenvalue weighted by molar-refractivity contribution is 0.0520. The van der Waals surface area contributed by atoms with Crippen LogP contribution in [0.4, 0.5) is 4.79 Å². The molecule has 1 rings (SSSR count). The lowest BCUT2D eigenvalue weighted by Crippen LogP contribution is -2.34. The topological polar surface area (TPSA) is 73.3 Å². The first-order valence-electron chi connectivity index (χ1n) is 5.34. The monoisotopic (exact) mass is 239 g/mol. The number of carbonyl (C=O) groups excluding carboxylic acids is 1. The Bertz CT molecular complexity index is 349. The van der Waals surface area contributed by atoms with E-state index < -0.39 is 11.7 Å². The third-order valence-electron chi connectivity index (χ3n) is 1.60. The maximum atomic E-state index is 11.3. The number of rotatable bonds is 4. The number of alkyl carbamates (subject to hydrolysis) is 1. The normalized spacial score (nSPS) is 10.8. The van der Waals surface area contributed by atoms with E-state index in [9.17, 15) is 4.79 Å². The molecule has 94 valence electrons. The summed E-state index contributed by atoms with van der Waals surface area (Å²) in [4.78, 5) is 11.3. The highest BCUT2D eigenvalue weighted by Crippen LogP contribution is 2.06. The maximum absolute atomic E-state index is 11.3. The van der Waals surface area contributed by atoms with E-state index in [1.165, 1.54) is 12.4 Å². The van der Waals surface area contributed by atoms with E-state index in [2.05, 4.69) is 15.5 Å². The summed E-state index contributed by atoms with van der Waals surface area (Å²) in [6.07, 6.45) is 2.60. The molecule has 1 heterocycles. The molecule has 0 saturated heterocycles. The van der Waals surface area contributed by atoms with Gasteiger partial charge in [-0.2, -0.15) is 10.2 Å². The van der Waals surface area contributed by atoms with Crippen LogP contribution in [0.3, 0.4) is 0 Å². The number of amides is 1. The zero-order valence-electron chi connectivity index (χ0n) is 10.3. The second kappa shape index (κ2) is 6.03. The van der Waals surface area contributed by atoms with E-state index >= 15 is 0 Å². The second-order valence-corrected chi connectivity index (χ2v) is 4.36. The van der Waals surface area contributed by atoms with Crippen LogP contribution in [0.15, 0.2) is 18.5 Å². The van der Waals surface area contributed by atoms with Crippen LogP contribution >= 0.6 is 0 Å². The molecule has 0 saturated carbocycles. The van der Waals surface area contributed by atoms with Crippen molar-refractivity contribution in [3.05, 3.63) is 18.5 Å². The molecule has 6 nitrogen and oxygen atoms in total. The summed E-state index contributed by atoms with van der Waals surface area (Å²) < 4.78 is 10.4. The van der Waals surface area contributed by atoms with Crippen LogP contribution in [0.5, 0.6) is 5.75 Å².